The van der Waals surface area contributed by atoms with Crippen LogP contribution in [0.5, 0.6) is 0 Å². The Morgan fingerprint density at radius 2 is 0.487 bits per heavy atom. The maximum atomic E-state index is 2.47. The highest BCUT2D eigenvalue weighted by Crippen LogP contribution is 2.44. The predicted molar refractivity (Wildman–Crippen MR) is 332 cm³/mol. The lowest BCUT2D eigenvalue weighted by molar-refractivity contribution is 0.602. The van der Waals surface area contributed by atoms with Crippen molar-refractivity contribution in [2.75, 3.05) is 0 Å². The number of hydrogen-bond acceptors (Lipinski definition) is 0. The third kappa shape index (κ3) is 10.4. The van der Waals surface area contributed by atoms with Gasteiger partial charge in [-0.05, 0) is 225 Å². The minimum atomic E-state index is 1.24. The molecule has 0 spiro atoms. The van der Waals surface area contributed by atoms with Gasteiger partial charge in [-0.25, -0.2) is 0 Å². The smallest absolute Gasteiger partial charge is 0.00203 e. The first-order valence-electron chi connectivity index (χ1n) is 29.4. The Labute approximate surface area is 452 Å². The summed E-state index contributed by atoms with van der Waals surface area (Å²) in [6.45, 7) is 0. The van der Waals surface area contributed by atoms with Gasteiger partial charge in [0.2, 0.25) is 0 Å². The van der Waals surface area contributed by atoms with E-state index in [2.05, 4.69) is 194 Å². The summed E-state index contributed by atoms with van der Waals surface area (Å²) in [5.41, 5.74) is 21.7. The highest BCUT2D eigenvalue weighted by molar-refractivity contribution is 6.34. The second-order valence-electron chi connectivity index (χ2n) is 22.9. The van der Waals surface area contributed by atoms with E-state index in [1.165, 1.54) is 238 Å². The molecular formula is C76H72. The topological polar surface area (TPSA) is 0 Å². The van der Waals surface area contributed by atoms with Crippen LogP contribution in [0.25, 0.3) is 90.7 Å². The summed E-state index contributed by atoms with van der Waals surface area (Å²) in [4.78, 5) is 0. The van der Waals surface area contributed by atoms with Crippen LogP contribution in [0, 0.1) is 0 Å². The van der Waals surface area contributed by atoms with E-state index < -0.39 is 0 Å². The van der Waals surface area contributed by atoms with Crippen molar-refractivity contribution in [1.82, 2.24) is 0 Å². The Hall–Kier alpha value is -7.28. The van der Waals surface area contributed by atoms with Gasteiger partial charge in [0.1, 0.15) is 0 Å². The molecule has 0 heteroatoms. The van der Waals surface area contributed by atoms with Crippen LogP contribution >= 0.6 is 0 Å². The maximum absolute atomic E-state index is 2.47. The molecule has 376 valence electrons. The fourth-order valence-corrected chi connectivity index (χ4v) is 13.6. The average molecular weight is 985 g/mol. The zero-order valence-corrected chi connectivity index (χ0v) is 44.6. The summed E-state index contributed by atoms with van der Waals surface area (Å²) < 4.78 is 0. The number of hydrogen-bond donors (Lipinski definition) is 0. The molecule has 0 atom stereocenters. The number of rotatable bonds is 10. The molecule has 0 aliphatic heterocycles. The van der Waals surface area contributed by atoms with Crippen molar-refractivity contribution >= 4 is 90.7 Å². The summed E-state index contributed by atoms with van der Waals surface area (Å²) >= 11 is 0. The van der Waals surface area contributed by atoms with E-state index in [1.807, 2.05) is 0 Å². The first-order valence-corrected chi connectivity index (χ1v) is 29.4. The molecule has 4 saturated carbocycles. The van der Waals surface area contributed by atoms with Gasteiger partial charge in [0.05, 0.1) is 0 Å². The molecule has 0 saturated heterocycles. The van der Waals surface area contributed by atoms with Gasteiger partial charge in [-0.15, -0.1) is 0 Å². The van der Waals surface area contributed by atoms with Gasteiger partial charge in [-0.2, -0.15) is 0 Å². The molecule has 4 aliphatic carbocycles. The highest BCUT2D eigenvalue weighted by atomic mass is 14.2. The standard InChI is InChI=1S/C76H72/c1-5-15-53(16-6-1)47-57-27-35-61(36-28-57)73(62-37-29-58(30-38-62)48-54-17-7-2-8-18-54)51-65-43-45-71-70-26-14-24-68-66(44-46-72(76(68)70)69-25-13-23-67(65)75(69)71)52-74(63-39-31-59(32-40-63)49-55-19-9-3-10-20-55)64-41-33-60(34-42-64)50-56-21-11-4-12-22-56/h13-14,23-52H,1-12,15-22H2. The van der Waals surface area contributed by atoms with Crippen LogP contribution in [-0.4, -0.2) is 0 Å². The molecule has 0 aromatic heterocycles. The van der Waals surface area contributed by atoms with Crippen LogP contribution in [0.4, 0.5) is 0 Å². The lowest BCUT2D eigenvalue weighted by atomic mass is 9.85. The van der Waals surface area contributed by atoms with Gasteiger partial charge in [0.25, 0.3) is 0 Å². The molecule has 0 unspecified atom stereocenters. The van der Waals surface area contributed by atoms with Crippen molar-refractivity contribution < 1.29 is 0 Å². The molecule has 0 amide bonds. The zero-order valence-electron chi connectivity index (χ0n) is 44.6. The van der Waals surface area contributed by atoms with Crippen LogP contribution < -0.4 is 0 Å². The molecular weight excluding hydrogens is 913 g/mol. The normalized spacial score (nSPS) is 16.3. The van der Waals surface area contributed by atoms with E-state index in [0.717, 1.165) is 0 Å². The Morgan fingerprint density at radius 3 is 0.763 bits per heavy atom. The second kappa shape index (κ2) is 22.1. The molecule has 0 radical (unpaired) electrons. The Balaban J connectivity index is 0.912. The molecule has 0 nitrogen and oxygen atoms in total. The van der Waals surface area contributed by atoms with Gasteiger partial charge in [0.15, 0.2) is 0 Å². The first-order chi connectivity index (χ1) is 37.6. The largest absolute Gasteiger partial charge is 0.0696 e. The second-order valence-corrected chi connectivity index (χ2v) is 22.9. The molecule has 0 heterocycles. The van der Waals surface area contributed by atoms with Crippen molar-refractivity contribution in [3.8, 4) is 0 Å². The molecule has 0 N–H and O–H groups in total. The van der Waals surface area contributed by atoms with E-state index in [0.29, 0.717) is 0 Å². The van der Waals surface area contributed by atoms with Gasteiger partial charge in [-0.1, -0.05) is 230 Å². The third-order valence-corrected chi connectivity index (χ3v) is 17.7. The van der Waals surface area contributed by atoms with E-state index in [9.17, 15) is 0 Å². The van der Waals surface area contributed by atoms with Crippen LogP contribution in [0.3, 0.4) is 0 Å². The molecule has 9 aromatic rings. The molecule has 4 aliphatic rings. The van der Waals surface area contributed by atoms with Gasteiger partial charge in [-0.3, -0.25) is 0 Å². The zero-order chi connectivity index (χ0) is 50.6. The SMILES string of the molecule is C(=C1CCCCC1)c1ccc(C(=Cc2ccc3c4cccc5c(C=C(c6ccc(C=C7CCCCC7)cc6)c6ccc(C=C7CCCCC7)cc6)ccc(c6cccc2c63)c54)c2ccc(C=C3CCCCC3)cc2)cc1. The minimum absolute atomic E-state index is 1.24. The van der Waals surface area contributed by atoms with Crippen LogP contribution in [0.1, 0.15) is 184 Å². The predicted octanol–water partition coefficient (Wildman–Crippen LogP) is 22.3. The van der Waals surface area contributed by atoms with Crippen molar-refractivity contribution in [2.45, 2.75) is 128 Å². The van der Waals surface area contributed by atoms with Crippen LogP contribution in [0.15, 0.2) is 180 Å². The Bertz CT molecular complexity index is 3300. The Kier molecular flexibility index (Phi) is 14.1. The lowest BCUT2D eigenvalue weighted by Crippen LogP contribution is -1.95. The minimum Gasteiger partial charge on any atom is -0.0696 e. The van der Waals surface area contributed by atoms with Gasteiger partial charge >= 0.3 is 0 Å². The van der Waals surface area contributed by atoms with Crippen molar-refractivity contribution in [2.24, 2.45) is 0 Å². The summed E-state index contributed by atoms with van der Waals surface area (Å²) in [7, 11) is 0. The molecule has 13 rings (SSSR count). The molecule has 0 bridgehead atoms. The number of allylic oxidation sites excluding steroid dienone is 4. The van der Waals surface area contributed by atoms with E-state index in [1.54, 1.807) is 22.3 Å². The molecule has 76 heavy (non-hydrogen) atoms. The molecule has 4 fully saturated rings. The number of fused-ring (bicyclic) bond motifs is 2. The van der Waals surface area contributed by atoms with Gasteiger partial charge < -0.3 is 0 Å². The maximum Gasteiger partial charge on any atom is -0.00203 e. The quantitative estimate of drug-likeness (QED) is 0.0728. The monoisotopic (exact) mass is 985 g/mol. The summed E-state index contributed by atoms with van der Waals surface area (Å²) in [6, 6.07) is 61.2. The third-order valence-electron chi connectivity index (χ3n) is 17.7. The Morgan fingerprint density at radius 1 is 0.237 bits per heavy atom. The van der Waals surface area contributed by atoms with E-state index >= 15 is 0 Å². The van der Waals surface area contributed by atoms with Crippen LogP contribution in [0.2, 0.25) is 0 Å². The molecule has 9 aromatic carbocycles. The summed E-state index contributed by atoms with van der Waals surface area (Å²) in [5, 5.41) is 10.5. The fourth-order valence-electron chi connectivity index (χ4n) is 13.6. The van der Waals surface area contributed by atoms with Crippen molar-refractivity contribution in [1.29, 1.82) is 0 Å². The number of benzene rings is 9. The summed E-state index contributed by atoms with van der Waals surface area (Å²) in [5.74, 6) is 0. The lowest BCUT2D eigenvalue weighted by Gasteiger charge is -2.18. The fraction of sp³-hybridized carbons (Fsp3) is 0.263. The highest BCUT2D eigenvalue weighted by Gasteiger charge is 2.18. The van der Waals surface area contributed by atoms with E-state index in [4.69, 9.17) is 0 Å². The van der Waals surface area contributed by atoms with E-state index in [-0.39, 0.29) is 0 Å². The van der Waals surface area contributed by atoms with Crippen molar-refractivity contribution in [3.05, 3.63) is 236 Å². The van der Waals surface area contributed by atoms with Gasteiger partial charge in [0, 0.05) is 0 Å². The summed E-state index contributed by atoms with van der Waals surface area (Å²) in [6.07, 6.45) is 40.6. The van der Waals surface area contributed by atoms with Crippen LogP contribution in [-0.2, 0) is 0 Å². The first kappa shape index (κ1) is 48.4. The average Bonchev–Trinajstić information content (AvgIpc) is 3.57. The van der Waals surface area contributed by atoms with Crippen molar-refractivity contribution in [3.63, 3.8) is 0 Å².